The molecule has 1 heterocycles. The lowest BCUT2D eigenvalue weighted by Crippen LogP contribution is -2.32. The van der Waals surface area contributed by atoms with Gasteiger partial charge in [0.05, 0.1) is 0 Å². The topological polar surface area (TPSA) is 90.9 Å². The van der Waals surface area contributed by atoms with E-state index in [-0.39, 0.29) is 12.6 Å². The molecule has 0 aliphatic carbocycles. The minimum Gasteiger partial charge on any atom is -0.454 e. The number of rotatable bonds is 7. The molecular formula is C24H19NO6. The highest BCUT2D eigenvalue weighted by atomic mass is 16.7. The number of esters is 1. The number of carbonyl (C=O) groups excluding carboxylic acids is 3. The number of ketones is 1. The van der Waals surface area contributed by atoms with Crippen LogP contribution in [0.2, 0.25) is 0 Å². The first-order valence-corrected chi connectivity index (χ1v) is 9.63. The Bertz CT molecular complexity index is 1100. The van der Waals surface area contributed by atoms with Crippen LogP contribution >= 0.6 is 0 Å². The van der Waals surface area contributed by atoms with E-state index in [4.69, 9.17) is 14.2 Å². The molecule has 0 radical (unpaired) electrons. The van der Waals surface area contributed by atoms with Crippen LogP contribution in [0, 0.1) is 0 Å². The van der Waals surface area contributed by atoms with E-state index >= 15 is 0 Å². The first-order chi connectivity index (χ1) is 15.1. The number of amides is 1. The van der Waals surface area contributed by atoms with Crippen molar-refractivity contribution in [3.63, 3.8) is 0 Å². The van der Waals surface area contributed by atoms with Crippen molar-refractivity contribution in [2.24, 2.45) is 0 Å². The number of nitrogens with one attached hydrogen (secondary N) is 1. The molecule has 0 spiro atoms. The third kappa shape index (κ3) is 4.72. The molecule has 1 amide bonds. The van der Waals surface area contributed by atoms with Crippen LogP contribution in [0.25, 0.3) is 0 Å². The summed E-state index contributed by atoms with van der Waals surface area (Å²) in [6.45, 7) is -0.290. The number of hydrogen-bond donors (Lipinski definition) is 1. The van der Waals surface area contributed by atoms with E-state index in [1.54, 1.807) is 72.8 Å². The largest absolute Gasteiger partial charge is 0.454 e. The van der Waals surface area contributed by atoms with Gasteiger partial charge < -0.3 is 19.5 Å². The molecule has 1 atom stereocenters. The van der Waals surface area contributed by atoms with Crippen molar-refractivity contribution in [1.82, 2.24) is 5.32 Å². The molecule has 3 aromatic rings. The molecule has 0 aromatic heterocycles. The van der Waals surface area contributed by atoms with E-state index in [0.29, 0.717) is 28.2 Å². The average Bonchev–Trinajstić information content (AvgIpc) is 3.29. The van der Waals surface area contributed by atoms with Gasteiger partial charge in [-0.05, 0) is 18.2 Å². The summed E-state index contributed by atoms with van der Waals surface area (Å²) in [5, 5.41) is 2.50. The second-order valence-electron chi connectivity index (χ2n) is 6.76. The Hall–Kier alpha value is -4.13. The minimum absolute atomic E-state index is 0.100. The molecular weight excluding hydrogens is 398 g/mol. The van der Waals surface area contributed by atoms with Crippen molar-refractivity contribution >= 4 is 17.7 Å². The van der Waals surface area contributed by atoms with Gasteiger partial charge in [-0.2, -0.15) is 0 Å². The third-order valence-corrected chi connectivity index (χ3v) is 4.68. The molecule has 0 fully saturated rings. The molecule has 1 N–H and O–H groups in total. The number of hydrogen-bond acceptors (Lipinski definition) is 6. The van der Waals surface area contributed by atoms with Crippen LogP contribution in [0.15, 0.2) is 78.9 Å². The predicted octanol–water partition coefficient (Wildman–Crippen LogP) is 3.31. The van der Waals surface area contributed by atoms with E-state index in [0.717, 1.165) is 0 Å². The molecule has 7 heteroatoms. The molecule has 7 nitrogen and oxygen atoms in total. The van der Waals surface area contributed by atoms with Crippen molar-refractivity contribution in [3.8, 4) is 11.5 Å². The second kappa shape index (κ2) is 9.13. The van der Waals surface area contributed by atoms with Crippen LogP contribution in [-0.2, 0) is 9.53 Å². The van der Waals surface area contributed by atoms with Gasteiger partial charge in [0.15, 0.2) is 17.6 Å². The van der Waals surface area contributed by atoms with Gasteiger partial charge in [-0.15, -0.1) is 0 Å². The Labute approximate surface area is 178 Å². The Kier molecular flexibility index (Phi) is 5.93. The SMILES string of the molecule is O=C(CNC(=O)c1ccc2c(c1)OCO2)OC(C(=O)c1ccccc1)c1ccccc1. The van der Waals surface area contributed by atoms with Gasteiger partial charge in [-0.1, -0.05) is 60.7 Å². The first-order valence-electron chi connectivity index (χ1n) is 9.63. The van der Waals surface area contributed by atoms with E-state index in [1.807, 2.05) is 0 Å². The van der Waals surface area contributed by atoms with Crippen molar-refractivity contribution < 1.29 is 28.6 Å². The minimum atomic E-state index is -1.11. The van der Waals surface area contributed by atoms with Gasteiger partial charge in [0.2, 0.25) is 12.6 Å². The molecule has 1 aliphatic heterocycles. The molecule has 0 bridgehead atoms. The highest BCUT2D eigenvalue weighted by molar-refractivity contribution is 6.01. The van der Waals surface area contributed by atoms with Crippen molar-refractivity contribution in [3.05, 3.63) is 95.6 Å². The van der Waals surface area contributed by atoms with Gasteiger partial charge in [0.25, 0.3) is 5.91 Å². The van der Waals surface area contributed by atoms with Crippen LogP contribution in [0.5, 0.6) is 11.5 Å². The summed E-state index contributed by atoms with van der Waals surface area (Å²) in [4.78, 5) is 37.8. The summed E-state index contributed by atoms with van der Waals surface area (Å²) in [6, 6.07) is 22.1. The van der Waals surface area contributed by atoms with E-state index in [2.05, 4.69) is 5.32 Å². The highest BCUT2D eigenvalue weighted by Gasteiger charge is 2.26. The quantitative estimate of drug-likeness (QED) is 0.469. The van der Waals surface area contributed by atoms with Gasteiger partial charge in [-0.3, -0.25) is 14.4 Å². The maximum absolute atomic E-state index is 13.0. The van der Waals surface area contributed by atoms with Crippen LogP contribution in [0.4, 0.5) is 0 Å². The smallest absolute Gasteiger partial charge is 0.326 e. The van der Waals surface area contributed by atoms with E-state index < -0.39 is 24.5 Å². The van der Waals surface area contributed by atoms with Crippen LogP contribution < -0.4 is 14.8 Å². The normalized spacial score (nSPS) is 12.6. The zero-order valence-electron chi connectivity index (χ0n) is 16.4. The Morgan fingerprint density at radius 3 is 2.26 bits per heavy atom. The van der Waals surface area contributed by atoms with Gasteiger partial charge in [0, 0.05) is 16.7 Å². The number of Topliss-reactive ketones (excluding diaryl/α,β-unsaturated/α-hetero) is 1. The van der Waals surface area contributed by atoms with Crippen molar-refractivity contribution in [1.29, 1.82) is 0 Å². The second-order valence-corrected chi connectivity index (χ2v) is 6.76. The summed E-state index contributed by atoms with van der Waals surface area (Å²) in [7, 11) is 0. The predicted molar refractivity (Wildman–Crippen MR) is 111 cm³/mol. The average molecular weight is 417 g/mol. The summed E-state index contributed by atoms with van der Waals surface area (Å²) in [6.07, 6.45) is -1.11. The Morgan fingerprint density at radius 1 is 0.839 bits per heavy atom. The highest BCUT2D eigenvalue weighted by Crippen LogP contribution is 2.32. The van der Waals surface area contributed by atoms with E-state index in [1.165, 1.54) is 6.07 Å². The van der Waals surface area contributed by atoms with Crippen LogP contribution in [-0.4, -0.2) is 31.0 Å². The first kappa shape index (κ1) is 20.2. The maximum atomic E-state index is 13.0. The molecule has 31 heavy (non-hydrogen) atoms. The standard InChI is InChI=1S/C24H19NO6/c26-21(14-25-24(28)18-11-12-19-20(13-18)30-15-29-19)31-23(17-9-5-2-6-10-17)22(27)16-7-3-1-4-8-16/h1-13,23H,14-15H2,(H,25,28). The lowest BCUT2D eigenvalue weighted by Gasteiger charge is -2.17. The fourth-order valence-electron chi connectivity index (χ4n) is 3.12. The monoisotopic (exact) mass is 417 g/mol. The number of ether oxygens (including phenoxy) is 3. The molecule has 0 saturated heterocycles. The summed E-state index contributed by atoms with van der Waals surface area (Å²) in [5.74, 6) is -0.524. The van der Waals surface area contributed by atoms with Gasteiger partial charge in [0.1, 0.15) is 6.54 Å². The van der Waals surface area contributed by atoms with Gasteiger partial charge >= 0.3 is 5.97 Å². The summed E-state index contributed by atoms with van der Waals surface area (Å²) >= 11 is 0. The molecule has 0 saturated carbocycles. The summed E-state index contributed by atoms with van der Waals surface area (Å²) < 4.78 is 15.9. The summed E-state index contributed by atoms with van der Waals surface area (Å²) in [5.41, 5.74) is 1.29. The van der Waals surface area contributed by atoms with Crippen LogP contribution in [0.3, 0.4) is 0 Å². The Morgan fingerprint density at radius 2 is 1.52 bits per heavy atom. The number of benzene rings is 3. The molecule has 4 rings (SSSR count). The molecule has 3 aromatic carbocycles. The number of carbonyl (C=O) groups is 3. The van der Waals surface area contributed by atoms with Crippen molar-refractivity contribution in [2.75, 3.05) is 13.3 Å². The lowest BCUT2D eigenvalue weighted by atomic mass is 10.00. The van der Waals surface area contributed by atoms with Crippen LogP contribution in [0.1, 0.15) is 32.4 Å². The lowest BCUT2D eigenvalue weighted by molar-refractivity contribution is -0.146. The zero-order valence-corrected chi connectivity index (χ0v) is 16.4. The number of fused-ring (bicyclic) bond motifs is 1. The fraction of sp³-hybridized carbons (Fsp3) is 0.125. The molecule has 1 aliphatic rings. The zero-order chi connectivity index (χ0) is 21.6. The fourth-order valence-corrected chi connectivity index (χ4v) is 3.12. The molecule has 156 valence electrons. The van der Waals surface area contributed by atoms with E-state index in [9.17, 15) is 14.4 Å². The van der Waals surface area contributed by atoms with Gasteiger partial charge in [-0.25, -0.2) is 0 Å². The maximum Gasteiger partial charge on any atom is 0.326 e. The molecule has 1 unspecified atom stereocenters. The van der Waals surface area contributed by atoms with Crippen molar-refractivity contribution in [2.45, 2.75) is 6.10 Å². The third-order valence-electron chi connectivity index (χ3n) is 4.68. The Balaban J connectivity index is 1.43.